The number of ether oxygens (including phenoxy) is 2. The molecule has 0 spiro atoms. The molecule has 0 aliphatic rings. The summed E-state index contributed by atoms with van der Waals surface area (Å²) in [6.45, 7) is 1.77. The molecule has 3 rings (SSSR count). The van der Waals surface area contributed by atoms with Gasteiger partial charge in [0.15, 0.2) is 11.5 Å². The molecule has 0 saturated heterocycles. The third kappa shape index (κ3) is 4.70. The summed E-state index contributed by atoms with van der Waals surface area (Å²) in [4.78, 5) is 12.4. The molecule has 0 fully saturated rings. The molecule has 1 amide bonds. The molecule has 29 heavy (non-hydrogen) atoms. The Morgan fingerprint density at radius 1 is 1.03 bits per heavy atom. The van der Waals surface area contributed by atoms with Crippen LogP contribution >= 0.6 is 23.2 Å². The van der Waals surface area contributed by atoms with Crippen LogP contribution < -0.4 is 14.9 Å². The number of benzene rings is 2. The van der Waals surface area contributed by atoms with Crippen molar-refractivity contribution >= 4 is 34.8 Å². The number of hydrogen-bond donors (Lipinski definition) is 2. The van der Waals surface area contributed by atoms with Crippen molar-refractivity contribution in [1.29, 1.82) is 0 Å². The second-order valence-corrected chi connectivity index (χ2v) is 6.82. The van der Waals surface area contributed by atoms with Crippen LogP contribution in [0.2, 0.25) is 10.0 Å². The lowest BCUT2D eigenvalue weighted by molar-refractivity contribution is 0.0950. The molecule has 3 aromatic rings. The van der Waals surface area contributed by atoms with E-state index < -0.39 is 5.91 Å². The molecule has 2 N–H and O–H groups in total. The van der Waals surface area contributed by atoms with Gasteiger partial charge in [0.1, 0.15) is 5.69 Å². The first kappa shape index (κ1) is 20.7. The normalized spacial score (nSPS) is 11.3. The summed E-state index contributed by atoms with van der Waals surface area (Å²) < 4.78 is 10.5. The lowest BCUT2D eigenvalue weighted by atomic mass is 10.1. The van der Waals surface area contributed by atoms with Gasteiger partial charge in [-0.25, -0.2) is 5.43 Å². The number of halogens is 2. The lowest BCUT2D eigenvalue weighted by Gasteiger charge is -2.09. The highest BCUT2D eigenvalue weighted by Crippen LogP contribution is 2.28. The predicted octanol–water partition coefficient (Wildman–Crippen LogP) is 4.55. The maximum atomic E-state index is 12.4. The number of aromatic nitrogens is 2. The van der Waals surface area contributed by atoms with E-state index in [0.29, 0.717) is 32.9 Å². The van der Waals surface area contributed by atoms with Gasteiger partial charge in [0.2, 0.25) is 0 Å². The third-order valence-electron chi connectivity index (χ3n) is 4.16. The molecule has 0 bridgehead atoms. The summed E-state index contributed by atoms with van der Waals surface area (Å²) in [6.07, 6.45) is 0. The van der Waals surface area contributed by atoms with Crippen LogP contribution in [-0.4, -0.2) is 36.0 Å². The van der Waals surface area contributed by atoms with Crippen molar-refractivity contribution in [2.24, 2.45) is 5.10 Å². The standard InChI is InChI=1S/C20H18Cl2N4O3/c1-11(12-5-7-18(28-2)19(9-12)29-3)23-26-20(27)17-10-16(24-25-17)13-4-6-14(21)15(22)8-13/h4-10H,1-3H3,(H,24,25)(H,26,27). The number of rotatable bonds is 6. The van der Waals surface area contributed by atoms with E-state index in [2.05, 4.69) is 20.7 Å². The topological polar surface area (TPSA) is 88.6 Å². The molecule has 0 aliphatic carbocycles. The summed E-state index contributed by atoms with van der Waals surface area (Å²) in [5.41, 5.74) is 5.45. The van der Waals surface area contributed by atoms with Crippen LogP contribution in [-0.2, 0) is 0 Å². The molecule has 1 heterocycles. The molecule has 0 radical (unpaired) electrons. The molecular weight excluding hydrogens is 415 g/mol. The van der Waals surface area contributed by atoms with Crippen molar-refractivity contribution in [3.8, 4) is 22.8 Å². The number of aromatic amines is 1. The van der Waals surface area contributed by atoms with Crippen LogP contribution in [0.4, 0.5) is 0 Å². The molecule has 0 atom stereocenters. The monoisotopic (exact) mass is 432 g/mol. The molecule has 0 saturated carbocycles. The Morgan fingerprint density at radius 2 is 1.79 bits per heavy atom. The van der Waals surface area contributed by atoms with Gasteiger partial charge in [0.25, 0.3) is 5.91 Å². The van der Waals surface area contributed by atoms with E-state index in [0.717, 1.165) is 11.1 Å². The van der Waals surface area contributed by atoms with Gasteiger partial charge in [-0.2, -0.15) is 10.2 Å². The molecule has 2 aromatic carbocycles. The van der Waals surface area contributed by atoms with Gasteiger partial charge in [-0.05, 0) is 43.3 Å². The highest BCUT2D eigenvalue weighted by atomic mass is 35.5. The number of hydrazone groups is 1. The minimum atomic E-state index is -0.427. The van der Waals surface area contributed by atoms with Gasteiger partial charge in [0, 0.05) is 11.1 Å². The van der Waals surface area contributed by atoms with Gasteiger partial charge in [-0.1, -0.05) is 29.3 Å². The zero-order valence-electron chi connectivity index (χ0n) is 15.9. The first-order chi connectivity index (χ1) is 13.9. The van der Waals surface area contributed by atoms with Gasteiger partial charge in [-0.15, -0.1) is 0 Å². The molecule has 7 nitrogen and oxygen atoms in total. The van der Waals surface area contributed by atoms with Crippen LogP contribution in [0, 0.1) is 0 Å². The zero-order chi connectivity index (χ0) is 21.0. The van der Waals surface area contributed by atoms with Gasteiger partial charge in [0.05, 0.1) is 35.7 Å². The van der Waals surface area contributed by atoms with Crippen molar-refractivity contribution < 1.29 is 14.3 Å². The summed E-state index contributed by atoms with van der Waals surface area (Å²) in [5.74, 6) is 0.759. The minimum Gasteiger partial charge on any atom is -0.493 e. The zero-order valence-corrected chi connectivity index (χ0v) is 17.4. The Hall–Kier alpha value is -3.03. The average molecular weight is 433 g/mol. The van der Waals surface area contributed by atoms with Crippen LogP contribution in [0.15, 0.2) is 47.6 Å². The predicted molar refractivity (Wildman–Crippen MR) is 113 cm³/mol. The first-order valence-corrected chi connectivity index (χ1v) is 9.26. The SMILES string of the molecule is COc1ccc(C(C)=NNC(=O)c2cc(-c3ccc(Cl)c(Cl)c3)n[nH]2)cc1OC. The van der Waals surface area contributed by atoms with Crippen molar-refractivity contribution in [3.63, 3.8) is 0 Å². The summed E-state index contributed by atoms with van der Waals surface area (Å²) in [6, 6.07) is 12.1. The molecule has 0 aliphatic heterocycles. The Balaban J connectivity index is 1.73. The third-order valence-corrected chi connectivity index (χ3v) is 4.90. The smallest absolute Gasteiger partial charge is 0.289 e. The van der Waals surface area contributed by atoms with Crippen molar-refractivity contribution in [2.75, 3.05) is 14.2 Å². The second-order valence-electron chi connectivity index (χ2n) is 6.00. The lowest BCUT2D eigenvalue weighted by Crippen LogP contribution is -2.19. The van der Waals surface area contributed by atoms with E-state index >= 15 is 0 Å². The van der Waals surface area contributed by atoms with E-state index in [1.807, 2.05) is 6.07 Å². The van der Waals surface area contributed by atoms with Crippen molar-refractivity contribution in [1.82, 2.24) is 15.6 Å². The number of H-pyrrole nitrogens is 1. The van der Waals surface area contributed by atoms with E-state index in [1.165, 1.54) is 0 Å². The highest BCUT2D eigenvalue weighted by molar-refractivity contribution is 6.42. The number of carbonyl (C=O) groups excluding carboxylic acids is 1. The Kier molecular flexibility index (Phi) is 6.41. The maximum Gasteiger partial charge on any atom is 0.289 e. The Morgan fingerprint density at radius 3 is 2.48 bits per heavy atom. The number of nitrogens with one attached hydrogen (secondary N) is 2. The number of nitrogens with zero attached hydrogens (tertiary/aromatic N) is 2. The molecule has 9 heteroatoms. The fourth-order valence-corrected chi connectivity index (χ4v) is 2.86. The van der Waals surface area contributed by atoms with Gasteiger partial charge in [-0.3, -0.25) is 9.89 Å². The van der Waals surface area contributed by atoms with Crippen LogP contribution in [0.3, 0.4) is 0 Å². The Labute approximate surface area is 177 Å². The van der Waals surface area contributed by atoms with Crippen LogP contribution in [0.5, 0.6) is 11.5 Å². The van der Waals surface area contributed by atoms with Crippen LogP contribution in [0.1, 0.15) is 23.0 Å². The van der Waals surface area contributed by atoms with E-state index in [9.17, 15) is 4.79 Å². The van der Waals surface area contributed by atoms with Gasteiger partial charge < -0.3 is 9.47 Å². The number of methoxy groups -OCH3 is 2. The fraction of sp³-hybridized carbons (Fsp3) is 0.150. The fourth-order valence-electron chi connectivity index (χ4n) is 2.56. The Bertz CT molecular complexity index is 1080. The molecular formula is C20H18Cl2N4O3. The highest BCUT2D eigenvalue weighted by Gasteiger charge is 2.12. The largest absolute Gasteiger partial charge is 0.493 e. The maximum absolute atomic E-state index is 12.4. The second kappa shape index (κ2) is 8.98. The van der Waals surface area contributed by atoms with E-state index in [1.54, 1.807) is 57.5 Å². The van der Waals surface area contributed by atoms with Gasteiger partial charge >= 0.3 is 0 Å². The summed E-state index contributed by atoms with van der Waals surface area (Å²) in [5, 5.41) is 11.8. The number of carbonyl (C=O) groups is 1. The summed E-state index contributed by atoms with van der Waals surface area (Å²) >= 11 is 12.0. The quantitative estimate of drug-likeness (QED) is 0.441. The van der Waals surface area contributed by atoms with Crippen molar-refractivity contribution in [2.45, 2.75) is 6.92 Å². The van der Waals surface area contributed by atoms with E-state index in [-0.39, 0.29) is 5.69 Å². The first-order valence-electron chi connectivity index (χ1n) is 8.50. The molecule has 1 aromatic heterocycles. The molecule has 0 unspecified atom stereocenters. The van der Waals surface area contributed by atoms with E-state index in [4.69, 9.17) is 32.7 Å². The average Bonchev–Trinajstić information content (AvgIpc) is 3.23. The van der Waals surface area contributed by atoms with Crippen molar-refractivity contribution in [3.05, 3.63) is 63.8 Å². The van der Waals surface area contributed by atoms with Crippen LogP contribution in [0.25, 0.3) is 11.3 Å². The number of hydrogen-bond acceptors (Lipinski definition) is 5. The molecule has 150 valence electrons. The summed E-state index contributed by atoms with van der Waals surface area (Å²) in [7, 11) is 3.12. The minimum absolute atomic E-state index is 0.259. The number of amides is 1.